The number of methoxy groups -OCH3 is 1. The van der Waals surface area contributed by atoms with Crippen molar-refractivity contribution >= 4 is 5.97 Å². The van der Waals surface area contributed by atoms with Gasteiger partial charge in [0.1, 0.15) is 5.69 Å². The predicted molar refractivity (Wildman–Crippen MR) is 95.8 cm³/mol. The van der Waals surface area contributed by atoms with Crippen molar-refractivity contribution in [3.63, 3.8) is 0 Å². The van der Waals surface area contributed by atoms with Crippen LogP contribution in [-0.4, -0.2) is 18.1 Å². The Kier molecular flexibility index (Phi) is 4.71. The maximum atomic E-state index is 11.8. The van der Waals surface area contributed by atoms with E-state index in [1.54, 1.807) is 6.07 Å². The summed E-state index contributed by atoms with van der Waals surface area (Å²) in [4.78, 5) is 16.4. The van der Waals surface area contributed by atoms with Gasteiger partial charge in [-0.05, 0) is 29.7 Å². The molecule has 120 valence electrons. The molecule has 0 aliphatic rings. The van der Waals surface area contributed by atoms with Gasteiger partial charge < -0.3 is 4.74 Å². The highest BCUT2D eigenvalue weighted by Crippen LogP contribution is 2.31. The van der Waals surface area contributed by atoms with Crippen LogP contribution < -0.4 is 0 Å². The van der Waals surface area contributed by atoms with Gasteiger partial charge in [0.2, 0.25) is 0 Å². The SMILES string of the molecule is CCc1ccc(-c2ccc(C(=O)OC)nc2-c2ccccc2)cc1. The number of aryl methyl sites for hydroxylation is 1. The third-order valence-corrected chi connectivity index (χ3v) is 4.01. The van der Waals surface area contributed by atoms with Gasteiger partial charge in [0.25, 0.3) is 0 Å². The van der Waals surface area contributed by atoms with Crippen molar-refractivity contribution < 1.29 is 9.53 Å². The Morgan fingerprint density at radius 3 is 2.25 bits per heavy atom. The lowest BCUT2D eigenvalue weighted by Gasteiger charge is -2.11. The van der Waals surface area contributed by atoms with Gasteiger partial charge in [-0.1, -0.05) is 61.5 Å². The molecule has 0 unspecified atom stereocenters. The van der Waals surface area contributed by atoms with Gasteiger partial charge in [0, 0.05) is 11.1 Å². The summed E-state index contributed by atoms with van der Waals surface area (Å²) in [6.45, 7) is 2.14. The summed E-state index contributed by atoms with van der Waals surface area (Å²) in [7, 11) is 1.36. The molecule has 1 heterocycles. The first-order chi connectivity index (χ1) is 11.7. The van der Waals surface area contributed by atoms with Crippen molar-refractivity contribution in [2.24, 2.45) is 0 Å². The molecule has 3 rings (SSSR count). The van der Waals surface area contributed by atoms with E-state index < -0.39 is 5.97 Å². The quantitative estimate of drug-likeness (QED) is 0.651. The molecule has 0 amide bonds. The monoisotopic (exact) mass is 317 g/mol. The van der Waals surface area contributed by atoms with E-state index in [4.69, 9.17) is 4.74 Å². The number of pyridine rings is 1. The highest BCUT2D eigenvalue weighted by molar-refractivity contribution is 5.90. The number of esters is 1. The fraction of sp³-hybridized carbons (Fsp3) is 0.143. The normalized spacial score (nSPS) is 10.4. The van der Waals surface area contributed by atoms with Gasteiger partial charge >= 0.3 is 5.97 Å². The maximum absolute atomic E-state index is 11.8. The van der Waals surface area contributed by atoms with E-state index in [2.05, 4.69) is 36.2 Å². The van der Waals surface area contributed by atoms with Crippen LogP contribution in [-0.2, 0) is 11.2 Å². The second-order valence-corrected chi connectivity index (χ2v) is 5.50. The molecule has 0 bridgehead atoms. The summed E-state index contributed by atoms with van der Waals surface area (Å²) < 4.78 is 4.80. The first-order valence-electron chi connectivity index (χ1n) is 7.97. The summed E-state index contributed by atoms with van der Waals surface area (Å²) in [5.41, 5.74) is 5.43. The molecule has 0 atom stereocenters. The van der Waals surface area contributed by atoms with E-state index in [-0.39, 0.29) is 0 Å². The number of ether oxygens (including phenoxy) is 1. The van der Waals surface area contributed by atoms with Crippen LogP contribution in [0.5, 0.6) is 0 Å². The van der Waals surface area contributed by atoms with Crippen LogP contribution in [0.25, 0.3) is 22.4 Å². The smallest absolute Gasteiger partial charge is 0.356 e. The van der Waals surface area contributed by atoms with Crippen LogP contribution >= 0.6 is 0 Å². The molecule has 0 fully saturated rings. The Morgan fingerprint density at radius 2 is 1.62 bits per heavy atom. The molecule has 0 N–H and O–H groups in total. The lowest BCUT2D eigenvalue weighted by molar-refractivity contribution is 0.0594. The van der Waals surface area contributed by atoms with Crippen LogP contribution in [0.3, 0.4) is 0 Å². The standard InChI is InChI=1S/C21H19NO2/c1-3-15-9-11-16(12-10-15)18-13-14-19(21(23)24-2)22-20(18)17-7-5-4-6-8-17/h4-14H,3H2,1-2H3. The highest BCUT2D eigenvalue weighted by atomic mass is 16.5. The maximum Gasteiger partial charge on any atom is 0.356 e. The number of nitrogens with zero attached hydrogens (tertiary/aromatic N) is 1. The van der Waals surface area contributed by atoms with Crippen molar-refractivity contribution in [2.75, 3.05) is 7.11 Å². The van der Waals surface area contributed by atoms with Crippen LogP contribution in [0.1, 0.15) is 23.0 Å². The number of rotatable bonds is 4. The first-order valence-corrected chi connectivity index (χ1v) is 7.97. The minimum absolute atomic E-state index is 0.310. The van der Waals surface area contributed by atoms with E-state index >= 15 is 0 Å². The van der Waals surface area contributed by atoms with Crippen molar-refractivity contribution in [2.45, 2.75) is 13.3 Å². The average molecular weight is 317 g/mol. The van der Waals surface area contributed by atoms with Gasteiger partial charge in [-0.25, -0.2) is 9.78 Å². The number of carbonyl (C=O) groups is 1. The molecule has 0 aliphatic carbocycles. The van der Waals surface area contributed by atoms with Crippen molar-refractivity contribution in [1.29, 1.82) is 0 Å². The molecular formula is C21H19NO2. The van der Waals surface area contributed by atoms with E-state index in [1.807, 2.05) is 36.4 Å². The first kappa shape index (κ1) is 15.9. The fourth-order valence-electron chi connectivity index (χ4n) is 2.65. The largest absolute Gasteiger partial charge is 0.464 e. The number of benzene rings is 2. The summed E-state index contributed by atoms with van der Waals surface area (Å²) in [5, 5.41) is 0. The van der Waals surface area contributed by atoms with E-state index in [1.165, 1.54) is 12.7 Å². The topological polar surface area (TPSA) is 39.2 Å². The van der Waals surface area contributed by atoms with Gasteiger partial charge in [0.15, 0.2) is 0 Å². The van der Waals surface area contributed by atoms with E-state index in [0.717, 1.165) is 28.8 Å². The fourth-order valence-corrected chi connectivity index (χ4v) is 2.65. The van der Waals surface area contributed by atoms with Gasteiger partial charge in [-0.3, -0.25) is 0 Å². The zero-order chi connectivity index (χ0) is 16.9. The zero-order valence-corrected chi connectivity index (χ0v) is 13.8. The Balaban J connectivity index is 2.15. The molecule has 0 spiro atoms. The van der Waals surface area contributed by atoms with Crippen molar-refractivity contribution in [1.82, 2.24) is 4.98 Å². The van der Waals surface area contributed by atoms with Gasteiger partial charge in [-0.15, -0.1) is 0 Å². The minimum atomic E-state index is -0.430. The van der Waals surface area contributed by atoms with Crippen LogP contribution in [0.15, 0.2) is 66.7 Å². The molecule has 0 saturated heterocycles. The van der Waals surface area contributed by atoms with Crippen LogP contribution in [0.4, 0.5) is 0 Å². The minimum Gasteiger partial charge on any atom is -0.464 e. The van der Waals surface area contributed by atoms with Crippen LogP contribution in [0, 0.1) is 0 Å². The molecule has 2 aromatic carbocycles. The average Bonchev–Trinajstić information content (AvgIpc) is 2.67. The lowest BCUT2D eigenvalue weighted by atomic mass is 9.97. The molecule has 0 radical (unpaired) electrons. The number of aromatic nitrogens is 1. The van der Waals surface area contributed by atoms with Gasteiger partial charge in [0.05, 0.1) is 12.8 Å². The van der Waals surface area contributed by atoms with Crippen molar-refractivity contribution in [3.05, 3.63) is 78.0 Å². The molecule has 3 nitrogen and oxygen atoms in total. The molecule has 0 aliphatic heterocycles. The Bertz CT molecular complexity index is 839. The van der Waals surface area contributed by atoms with E-state index in [0.29, 0.717) is 5.69 Å². The molecule has 1 aromatic heterocycles. The molecule has 3 aromatic rings. The number of hydrogen-bond acceptors (Lipinski definition) is 3. The Labute approximate surface area is 142 Å². The second-order valence-electron chi connectivity index (χ2n) is 5.50. The predicted octanol–water partition coefficient (Wildman–Crippen LogP) is 4.76. The molecule has 24 heavy (non-hydrogen) atoms. The Morgan fingerprint density at radius 1 is 0.917 bits per heavy atom. The Hall–Kier alpha value is -2.94. The molecular weight excluding hydrogens is 298 g/mol. The van der Waals surface area contributed by atoms with E-state index in [9.17, 15) is 4.79 Å². The number of carbonyl (C=O) groups excluding carboxylic acids is 1. The molecule has 0 saturated carbocycles. The zero-order valence-electron chi connectivity index (χ0n) is 13.8. The summed E-state index contributed by atoms with van der Waals surface area (Å²) in [5.74, 6) is -0.430. The van der Waals surface area contributed by atoms with Crippen LogP contribution in [0.2, 0.25) is 0 Å². The number of hydrogen-bond donors (Lipinski definition) is 0. The lowest BCUT2D eigenvalue weighted by Crippen LogP contribution is -2.05. The summed E-state index contributed by atoms with van der Waals surface area (Å²) >= 11 is 0. The third-order valence-electron chi connectivity index (χ3n) is 4.01. The molecule has 3 heteroatoms. The summed E-state index contributed by atoms with van der Waals surface area (Å²) in [6, 6.07) is 22.0. The van der Waals surface area contributed by atoms with Gasteiger partial charge in [-0.2, -0.15) is 0 Å². The second kappa shape index (κ2) is 7.09. The van der Waals surface area contributed by atoms with Crippen molar-refractivity contribution in [3.8, 4) is 22.4 Å². The highest BCUT2D eigenvalue weighted by Gasteiger charge is 2.14. The summed E-state index contributed by atoms with van der Waals surface area (Å²) in [6.07, 6.45) is 1.01. The third kappa shape index (κ3) is 3.20.